The van der Waals surface area contributed by atoms with E-state index in [-0.39, 0.29) is 29.6 Å². The molecule has 2 aromatic rings. The number of para-hydroxylation sites is 1. The molecule has 1 fully saturated rings. The van der Waals surface area contributed by atoms with E-state index < -0.39 is 36.1 Å². The molecule has 0 spiro atoms. The molecule has 0 unspecified atom stereocenters. The number of carbonyl (C=O) groups excluding carboxylic acids is 3. The molecule has 1 atom stereocenters. The lowest BCUT2D eigenvalue weighted by molar-refractivity contribution is -0.151. The van der Waals surface area contributed by atoms with Crippen molar-refractivity contribution < 1.29 is 32.3 Å². The van der Waals surface area contributed by atoms with E-state index in [4.69, 9.17) is 16.3 Å². The van der Waals surface area contributed by atoms with Crippen molar-refractivity contribution in [2.45, 2.75) is 26.4 Å². The Balaban J connectivity index is 1.60. The molecule has 1 N–H and O–H groups in total. The lowest BCUT2D eigenvalue weighted by Crippen LogP contribution is -2.29. The van der Waals surface area contributed by atoms with E-state index in [9.17, 15) is 27.6 Å². The molecule has 2 amide bonds. The largest absolute Gasteiger partial charge is 0.455 e. The van der Waals surface area contributed by atoms with Crippen LogP contribution >= 0.6 is 11.6 Å². The number of amides is 2. The smallest absolute Gasteiger partial charge is 0.416 e. The Labute approximate surface area is 187 Å². The highest BCUT2D eigenvalue weighted by atomic mass is 35.5. The molecule has 1 saturated heterocycles. The molecule has 32 heavy (non-hydrogen) atoms. The van der Waals surface area contributed by atoms with Crippen molar-refractivity contribution in [1.29, 1.82) is 0 Å². The molecule has 1 heterocycles. The van der Waals surface area contributed by atoms with Crippen LogP contribution in [0.15, 0.2) is 36.4 Å². The summed E-state index contributed by atoms with van der Waals surface area (Å²) in [6.45, 7) is 3.12. The second kappa shape index (κ2) is 9.20. The highest BCUT2D eigenvalue weighted by molar-refractivity contribution is 6.33. The Hall–Kier alpha value is -3.07. The molecule has 6 nitrogen and oxygen atoms in total. The zero-order valence-corrected chi connectivity index (χ0v) is 18.0. The van der Waals surface area contributed by atoms with E-state index in [1.54, 1.807) is 0 Å². The van der Waals surface area contributed by atoms with Gasteiger partial charge in [0.15, 0.2) is 6.61 Å². The molecular formula is C22H20ClF3N2O4. The number of nitrogens with one attached hydrogen (secondary N) is 1. The predicted octanol–water partition coefficient (Wildman–Crippen LogP) is 4.51. The Kier molecular flexibility index (Phi) is 6.78. The van der Waals surface area contributed by atoms with E-state index in [1.807, 2.05) is 32.0 Å². The Morgan fingerprint density at radius 2 is 1.84 bits per heavy atom. The molecule has 0 bridgehead atoms. The van der Waals surface area contributed by atoms with Gasteiger partial charge in [-0.3, -0.25) is 14.4 Å². The average Bonchev–Trinajstić information content (AvgIpc) is 3.08. The summed E-state index contributed by atoms with van der Waals surface area (Å²) >= 11 is 5.84. The summed E-state index contributed by atoms with van der Waals surface area (Å²) in [5.74, 6) is -2.58. The van der Waals surface area contributed by atoms with E-state index in [2.05, 4.69) is 5.32 Å². The van der Waals surface area contributed by atoms with Crippen molar-refractivity contribution >= 4 is 40.8 Å². The highest BCUT2D eigenvalue weighted by Gasteiger charge is 2.37. The summed E-state index contributed by atoms with van der Waals surface area (Å²) in [5.41, 5.74) is 1.30. The molecule has 0 aromatic heterocycles. The first-order valence-electron chi connectivity index (χ1n) is 9.67. The Morgan fingerprint density at radius 1 is 1.19 bits per heavy atom. The van der Waals surface area contributed by atoms with Crippen LogP contribution in [0.3, 0.4) is 0 Å². The summed E-state index contributed by atoms with van der Waals surface area (Å²) in [6, 6.07) is 8.10. The van der Waals surface area contributed by atoms with Crippen LogP contribution in [0.25, 0.3) is 0 Å². The number of aryl methyl sites for hydroxylation is 2. The van der Waals surface area contributed by atoms with Crippen molar-refractivity contribution in [3.8, 4) is 0 Å². The van der Waals surface area contributed by atoms with Gasteiger partial charge in [0.2, 0.25) is 5.91 Å². The molecule has 0 aliphatic carbocycles. The van der Waals surface area contributed by atoms with Crippen molar-refractivity contribution in [2.75, 3.05) is 23.4 Å². The van der Waals surface area contributed by atoms with Crippen LogP contribution in [0, 0.1) is 19.8 Å². The maximum absolute atomic E-state index is 12.8. The lowest BCUT2D eigenvalue weighted by Gasteiger charge is -2.21. The summed E-state index contributed by atoms with van der Waals surface area (Å²) in [7, 11) is 0. The second-order valence-electron chi connectivity index (χ2n) is 7.49. The van der Waals surface area contributed by atoms with E-state index in [0.717, 1.165) is 28.9 Å². The monoisotopic (exact) mass is 468 g/mol. The summed E-state index contributed by atoms with van der Waals surface area (Å²) < 4.78 is 43.5. The third-order valence-electron chi connectivity index (χ3n) is 5.08. The van der Waals surface area contributed by atoms with Gasteiger partial charge in [0.1, 0.15) is 0 Å². The Bertz CT molecular complexity index is 1050. The molecule has 10 heteroatoms. The quantitative estimate of drug-likeness (QED) is 0.655. The van der Waals surface area contributed by atoms with Gasteiger partial charge in [0.25, 0.3) is 5.91 Å². The van der Waals surface area contributed by atoms with Crippen LogP contribution in [0.5, 0.6) is 0 Å². The number of halogens is 4. The minimum Gasteiger partial charge on any atom is -0.455 e. The van der Waals surface area contributed by atoms with Crippen LogP contribution in [-0.2, 0) is 25.3 Å². The summed E-state index contributed by atoms with van der Waals surface area (Å²) in [6.07, 6.45) is -4.67. The number of esters is 1. The zero-order chi connectivity index (χ0) is 23.6. The van der Waals surface area contributed by atoms with Crippen molar-refractivity contribution in [3.63, 3.8) is 0 Å². The lowest BCUT2D eigenvalue weighted by atomic mass is 10.1. The van der Waals surface area contributed by atoms with Gasteiger partial charge >= 0.3 is 12.1 Å². The van der Waals surface area contributed by atoms with E-state index in [1.165, 1.54) is 4.90 Å². The number of ether oxygens (including phenoxy) is 1. The summed E-state index contributed by atoms with van der Waals surface area (Å²) in [5, 5.41) is 2.11. The van der Waals surface area contributed by atoms with Gasteiger partial charge in [-0.15, -0.1) is 0 Å². The third kappa shape index (κ3) is 5.21. The number of anilines is 2. The molecule has 0 saturated carbocycles. The number of hydrogen-bond acceptors (Lipinski definition) is 4. The topological polar surface area (TPSA) is 75.7 Å². The molecule has 0 radical (unpaired) electrons. The molecule has 2 aromatic carbocycles. The van der Waals surface area contributed by atoms with Crippen LogP contribution in [0.4, 0.5) is 24.5 Å². The van der Waals surface area contributed by atoms with Crippen LogP contribution in [0.1, 0.15) is 23.1 Å². The first-order chi connectivity index (χ1) is 15.0. The number of hydrogen-bond donors (Lipinski definition) is 1. The maximum atomic E-state index is 12.8. The first-order valence-corrected chi connectivity index (χ1v) is 10.0. The molecular weight excluding hydrogens is 449 g/mol. The van der Waals surface area contributed by atoms with Gasteiger partial charge in [0.05, 0.1) is 22.2 Å². The van der Waals surface area contributed by atoms with Gasteiger partial charge in [-0.25, -0.2) is 0 Å². The van der Waals surface area contributed by atoms with Gasteiger partial charge < -0.3 is 15.0 Å². The Morgan fingerprint density at radius 3 is 2.47 bits per heavy atom. The SMILES string of the molecule is Cc1cccc(C)c1N1C[C@H](C(=O)OCC(=O)Nc2cc(C(F)(F)F)ccc2Cl)CC1=O. The minimum absolute atomic E-state index is 0.0618. The van der Waals surface area contributed by atoms with Gasteiger partial charge in [-0.05, 0) is 43.2 Å². The fourth-order valence-corrected chi connectivity index (χ4v) is 3.72. The normalized spacial score (nSPS) is 16.2. The van der Waals surface area contributed by atoms with Gasteiger partial charge in [-0.2, -0.15) is 13.2 Å². The average molecular weight is 469 g/mol. The fourth-order valence-electron chi connectivity index (χ4n) is 3.55. The van der Waals surface area contributed by atoms with Crippen LogP contribution < -0.4 is 10.2 Å². The number of carbonyl (C=O) groups is 3. The van der Waals surface area contributed by atoms with Gasteiger partial charge in [-0.1, -0.05) is 29.8 Å². The van der Waals surface area contributed by atoms with Crippen molar-refractivity contribution in [2.24, 2.45) is 5.92 Å². The first kappa shape index (κ1) is 23.6. The zero-order valence-electron chi connectivity index (χ0n) is 17.3. The standard InChI is InChI=1S/C22H20ClF3N2O4/c1-12-4-3-5-13(2)20(12)28-10-14(8-19(28)30)21(31)32-11-18(29)27-17-9-15(22(24,25)26)6-7-16(17)23/h3-7,9,14H,8,10-11H2,1-2H3,(H,27,29)/t14-/m1/s1. The number of rotatable bonds is 5. The third-order valence-corrected chi connectivity index (χ3v) is 5.41. The number of nitrogens with zero attached hydrogens (tertiary/aromatic N) is 1. The molecule has 1 aliphatic heterocycles. The molecule has 170 valence electrons. The predicted molar refractivity (Wildman–Crippen MR) is 112 cm³/mol. The van der Waals surface area contributed by atoms with Crippen LogP contribution in [-0.4, -0.2) is 30.9 Å². The minimum atomic E-state index is -4.60. The number of alkyl halides is 3. The molecule has 1 aliphatic rings. The highest BCUT2D eigenvalue weighted by Crippen LogP contribution is 2.34. The molecule has 3 rings (SSSR count). The van der Waals surface area contributed by atoms with Gasteiger partial charge in [0, 0.05) is 18.7 Å². The van der Waals surface area contributed by atoms with E-state index in [0.29, 0.717) is 6.07 Å². The summed E-state index contributed by atoms with van der Waals surface area (Å²) in [4.78, 5) is 38.5. The van der Waals surface area contributed by atoms with E-state index >= 15 is 0 Å². The second-order valence-corrected chi connectivity index (χ2v) is 7.90. The van der Waals surface area contributed by atoms with Crippen molar-refractivity contribution in [1.82, 2.24) is 0 Å². The maximum Gasteiger partial charge on any atom is 0.416 e. The number of benzene rings is 2. The fraction of sp³-hybridized carbons (Fsp3) is 0.318. The van der Waals surface area contributed by atoms with Crippen molar-refractivity contribution in [3.05, 3.63) is 58.1 Å². The van der Waals surface area contributed by atoms with Crippen LogP contribution in [0.2, 0.25) is 5.02 Å².